The maximum atomic E-state index is 12.9. The number of carbonyl (C=O) groups excluding carboxylic acids is 4. The molecule has 2 aliphatic rings. The molecule has 1 aromatic heterocycles. The first kappa shape index (κ1) is 25.8. The summed E-state index contributed by atoms with van der Waals surface area (Å²) in [4.78, 5) is 59.4. The number of thiazole rings is 1. The minimum absolute atomic E-state index is 0.0500. The SMILES string of the molecule is CON=C(C(=O)N[C@H]1C=C(C(=O)OCOC(=O)C(C)(C)C)N2C(=O)C[C@@H]2S1)c1nc(N)sc1Cl. The Morgan fingerprint density at radius 2 is 2.06 bits per heavy atom. The van der Waals surface area contributed by atoms with Crippen LogP contribution in [0.4, 0.5) is 5.13 Å². The quantitative estimate of drug-likeness (QED) is 0.173. The Labute approximate surface area is 207 Å². The molecule has 1 fully saturated rings. The van der Waals surface area contributed by atoms with Crippen LogP contribution in [-0.4, -0.2) is 64.0 Å². The van der Waals surface area contributed by atoms with E-state index in [4.69, 9.17) is 31.6 Å². The zero-order valence-electron chi connectivity index (χ0n) is 18.6. The second-order valence-electron chi connectivity index (χ2n) is 8.03. The number of rotatable bonds is 7. The molecule has 0 bridgehead atoms. The van der Waals surface area contributed by atoms with Gasteiger partial charge in [0.25, 0.3) is 5.91 Å². The number of esters is 2. The van der Waals surface area contributed by atoms with E-state index < -0.39 is 35.4 Å². The van der Waals surface area contributed by atoms with Crippen LogP contribution in [-0.2, 0) is 33.5 Å². The van der Waals surface area contributed by atoms with Gasteiger partial charge in [0.15, 0.2) is 10.8 Å². The van der Waals surface area contributed by atoms with Crippen molar-refractivity contribution in [3.63, 3.8) is 0 Å². The van der Waals surface area contributed by atoms with Crippen molar-refractivity contribution in [2.75, 3.05) is 19.6 Å². The second kappa shape index (κ2) is 10.2. The first-order valence-corrected chi connectivity index (χ1v) is 11.9. The number of carbonyl (C=O) groups is 4. The summed E-state index contributed by atoms with van der Waals surface area (Å²) in [6.45, 7) is 4.35. The van der Waals surface area contributed by atoms with Crippen LogP contribution in [0.3, 0.4) is 0 Å². The summed E-state index contributed by atoms with van der Waals surface area (Å²) >= 11 is 8.30. The fourth-order valence-corrected chi connectivity index (χ4v) is 5.07. The van der Waals surface area contributed by atoms with Gasteiger partial charge in [-0.25, -0.2) is 9.78 Å². The predicted octanol–water partition coefficient (Wildman–Crippen LogP) is 1.45. The van der Waals surface area contributed by atoms with Crippen molar-refractivity contribution in [1.29, 1.82) is 0 Å². The van der Waals surface area contributed by atoms with Crippen LogP contribution < -0.4 is 11.1 Å². The summed E-state index contributed by atoms with van der Waals surface area (Å²) < 4.78 is 10.1. The molecule has 3 heterocycles. The predicted molar refractivity (Wildman–Crippen MR) is 124 cm³/mol. The standard InChI is InChI=1S/C19H22ClN5O7S2/c1-19(2,3)17(29)32-7-31-16(28)8-5-9(33-11-6-10(26)25(8)11)22-15(27)13(24-30-4)12-14(20)34-18(21)23-12/h5,9,11H,6-7H2,1-4H3,(H2,21,23)(H,22,27)/t9-,11+/m1/s1. The number of hydrogen-bond donors (Lipinski definition) is 2. The van der Waals surface area contributed by atoms with E-state index in [0.29, 0.717) is 0 Å². The zero-order chi connectivity index (χ0) is 25.2. The van der Waals surface area contributed by atoms with E-state index in [2.05, 4.69) is 15.5 Å². The molecule has 3 N–H and O–H groups in total. The van der Waals surface area contributed by atoms with Gasteiger partial charge < -0.3 is 25.4 Å². The molecule has 34 heavy (non-hydrogen) atoms. The third kappa shape index (κ3) is 5.62. The molecule has 184 valence electrons. The maximum Gasteiger partial charge on any atom is 0.357 e. The third-order valence-electron chi connectivity index (χ3n) is 4.48. The monoisotopic (exact) mass is 531 g/mol. The molecule has 0 saturated carbocycles. The normalized spacial score (nSPS) is 20.0. The Morgan fingerprint density at radius 1 is 1.35 bits per heavy atom. The molecule has 3 rings (SSSR count). The van der Waals surface area contributed by atoms with Gasteiger partial charge in [0.2, 0.25) is 12.7 Å². The Bertz CT molecular complexity index is 1080. The molecule has 0 aromatic carbocycles. The van der Waals surface area contributed by atoms with Gasteiger partial charge in [0.1, 0.15) is 22.8 Å². The van der Waals surface area contributed by atoms with E-state index >= 15 is 0 Å². The number of halogens is 1. The van der Waals surface area contributed by atoms with Crippen LogP contribution in [0.1, 0.15) is 32.9 Å². The van der Waals surface area contributed by atoms with Crippen LogP contribution in [0.25, 0.3) is 0 Å². The van der Waals surface area contributed by atoms with E-state index in [1.165, 1.54) is 29.8 Å². The van der Waals surface area contributed by atoms with Crippen molar-refractivity contribution in [2.45, 2.75) is 37.9 Å². The number of oxime groups is 1. The lowest BCUT2D eigenvalue weighted by atomic mass is 9.98. The highest BCUT2D eigenvalue weighted by Gasteiger charge is 2.46. The number of nitrogens with two attached hydrogens (primary N) is 1. The smallest absolute Gasteiger partial charge is 0.357 e. The van der Waals surface area contributed by atoms with Gasteiger partial charge in [0.05, 0.1) is 22.6 Å². The summed E-state index contributed by atoms with van der Waals surface area (Å²) in [7, 11) is 1.25. The highest BCUT2D eigenvalue weighted by molar-refractivity contribution is 8.00. The molecule has 2 amide bonds. The summed E-state index contributed by atoms with van der Waals surface area (Å²) in [5.41, 5.74) is 4.65. The van der Waals surface area contributed by atoms with E-state index in [-0.39, 0.29) is 44.3 Å². The van der Waals surface area contributed by atoms with Crippen molar-refractivity contribution in [2.24, 2.45) is 10.6 Å². The Kier molecular flexibility index (Phi) is 7.73. The number of fused-ring (bicyclic) bond motifs is 1. The number of hydrogen-bond acceptors (Lipinski definition) is 12. The molecular weight excluding hydrogens is 510 g/mol. The lowest BCUT2D eigenvalue weighted by Gasteiger charge is -2.44. The van der Waals surface area contributed by atoms with E-state index in [1.54, 1.807) is 20.8 Å². The highest BCUT2D eigenvalue weighted by Crippen LogP contribution is 2.40. The first-order valence-electron chi connectivity index (χ1n) is 9.80. The number of anilines is 1. The second-order valence-corrected chi connectivity index (χ2v) is 11.0. The maximum absolute atomic E-state index is 12.9. The Hall–Kier alpha value is -2.84. The average Bonchev–Trinajstić information content (AvgIpc) is 3.07. The fraction of sp³-hybridized carbons (Fsp3) is 0.474. The van der Waals surface area contributed by atoms with Crippen LogP contribution in [0.15, 0.2) is 16.9 Å². The lowest BCUT2D eigenvalue weighted by Crippen LogP contribution is -2.56. The molecule has 2 aliphatic heterocycles. The molecule has 1 saturated heterocycles. The van der Waals surface area contributed by atoms with E-state index in [0.717, 1.165) is 11.3 Å². The molecule has 2 atom stereocenters. The number of amides is 2. The summed E-state index contributed by atoms with van der Waals surface area (Å²) in [5, 5.41) is 5.42. The number of nitrogen functional groups attached to an aromatic ring is 1. The van der Waals surface area contributed by atoms with Crippen molar-refractivity contribution in [3.8, 4) is 0 Å². The lowest BCUT2D eigenvalue weighted by molar-refractivity contribution is -0.173. The van der Waals surface area contributed by atoms with Crippen LogP contribution in [0.2, 0.25) is 4.34 Å². The number of ether oxygens (including phenoxy) is 2. The molecule has 1 aromatic rings. The van der Waals surface area contributed by atoms with E-state index in [1.807, 2.05) is 0 Å². The third-order valence-corrected chi connectivity index (χ3v) is 6.80. The van der Waals surface area contributed by atoms with Gasteiger partial charge in [-0.2, -0.15) is 0 Å². The summed E-state index contributed by atoms with van der Waals surface area (Å²) in [5.74, 6) is -2.39. The number of thioether (sulfide) groups is 1. The minimum atomic E-state index is -0.875. The Morgan fingerprint density at radius 3 is 2.62 bits per heavy atom. The Balaban J connectivity index is 1.73. The minimum Gasteiger partial charge on any atom is -0.427 e. The molecule has 0 aliphatic carbocycles. The van der Waals surface area contributed by atoms with Crippen LogP contribution in [0, 0.1) is 5.41 Å². The first-order chi connectivity index (χ1) is 15.9. The average molecular weight is 532 g/mol. The van der Waals surface area contributed by atoms with Crippen molar-refractivity contribution < 1.29 is 33.5 Å². The zero-order valence-corrected chi connectivity index (χ0v) is 21.0. The highest BCUT2D eigenvalue weighted by atomic mass is 35.5. The summed E-state index contributed by atoms with van der Waals surface area (Å²) in [6.07, 6.45) is 1.54. The topological polar surface area (TPSA) is 163 Å². The van der Waals surface area contributed by atoms with Gasteiger partial charge in [-0.1, -0.05) is 28.1 Å². The molecule has 15 heteroatoms. The van der Waals surface area contributed by atoms with Crippen LogP contribution >= 0.6 is 34.7 Å². The molecule has 0 radical (unpaired) electrons. The largest absolute Gasteiger partial charge is 0.427 e. The molecule has 0 spiro atoms. The van der Waals surface area contributed by atoms with Gasteiger partial charge in [0, 0.05) is 0 Å². The number of nitrogens with zero attached hydrogens (tertiary/aromatic N) is 3. The van der Waals surface area contributed by atoms with Crippen molar-refractivity contribution >= 4 is 69.3 Å². The van der Waals surface area contributed by atoms with Crippen LogP contribution in [0.5, 0.6) is 0 Å². The molecular formula is C19H22ClN5O7S2. The number of nitrogens with one attached hydrogen (secondary N) is 1. The van der Waals surface area contributed by atoms with Gasteiger partial charge in [-0.05, 0) is 26.8 Å². The van der Waals surface area contributed by atoms with Crippen molar-refractivity contribution in [3.05, 3.63) is 21.8 Å². The number of aromatic nitrogens is 1. The molecule has 0 unspecified atom stereocenters. The van der Waals surface area contributed by atoms with Gasteiger partial charge >= 0.3 is 11.9 Å². The summed E-state index contributed by atoms with van der Waals surface area (Å²) in [6, 6.07) is 0. The van der Waals surface area contributed by atoms with E-state index in [9.17, 15) is 19.2 Å². The molecule has 12 nitrogen and oxygen atoms in total. The number of β-lactam (4-membered cyclic amide) rings is 1. The van der Waals surface area contributed by atoms with Gasteiger partial charge in [-0.3, -0.25) is 19.3 Å². The fourth-order valence-electron chi connectivity index (χ4n) is 2.83. The van der Waals surface area contributed by atoms with Gasteiger partial charge in [-0.15, -0.1) is 11.8 Å². The van der Waals surface area contributed by atoms with Crippen molar-refractivity contribution in [1.82, 2.24) is 15.2 Å².